The van der Waals surface area contributed by atoms with Crippen LogP contribution in [-0.4, -0.2) is 20.1 Å². The van der Waals surface area contributed by atoms with Gasteiger partial charge in [-0.3, -0.25) is 0 Å². The number of nitrogen functional groups attached to an aromatic ring is 1. The van der Waals surface area contributed by atoms with Gasteiger partial charge in [0.15, 0.2) is 0 Å². The van der Waals surface area contributed by atoms with Crippen LogP contribution in [0.15, 0.2) is 42.5 Å². The Hall–Kier alpha value is -2.20. The van der Waals surface area contributed by atoms with E-state index in [2.05, 4.69) is 0 Å². The Bertz CT molecular complexity index is 641. The maximum absolute atomic E-state index is 11.9. The first-order valence-corrected chi connectivity index (χ1v) is 6.83. The zero-order valence-corrected chi connectivity index (χ0v) is 12.7. The molecule has 21 heavy (non-hydrogen) atoms. The molecule has 0 atom stereocenters. The van der Waals surface area contributed by atoms with Gasteiger partial charge in [-0.2, -0.15) is 0 Å². The number of ether oxygens (including phenoxy) is 1. The van der Waals surface area contributed by atoms with Crippen molar-refractivity contribution in [1.82, 2.24) is 0 Å². The number of nitrogens with two attached hydrogens (primary N) is 1. The molecule has 0 saturated carbocycles. The Morgan fingerprint density at radius 3 is 2.52 bits per heavy atom. The topological polar surface area (TPSA) is 55.6 Å². The highest BCUT2D eigenvalue weighted by molar-refractivity contribution is 6.30. The van der Waals surface area contributed by atoms with Crippen LogP contribution in [0.25, 0.3) is 0 Å². The van der Waals surface area contributed by atoms with Gasteiger partial charge in [-0.15, -0.1) is 0 Å². The van der Waals surface area contributed by atoms with Crippen LogP contribution in [0.5, 0.6) is 0 Å². The smallest absolute Gasteiger partial charge is 0.340 e. The van der Waals surface area contributed by atoms with Crippen molar-refractivity contribution in [2.24, 2.45) is 0 Å². The highest BCUT2D eigenvalue weighted by Crippen LogP contribution is 2.29. The zero-order chi connectivity index (χ0) is 15.4. The molecule has 0 saturated heterocycles. The Morgan fingerprint density at radius 1 is 1.24 bits per heavy atom. The van der Waals surface area contributed by atoms with Gasteiger partial charge in [0.25, 0.3) is 0 Å². The Kier molecular flexibility index (Phi) is 4.70. The quantitative estimate of drug-likeness (QED) is 0.695. The standard InChI is InChI=1S/C16H17ClN2O2/c1-19(10-11-6-8-12(17)9-7-11)15-13(16(20)21-2)4-3-5-14(15)18/h3-9H,10,18H2,1-2H3. The van der Waals surface area contributed by atoms with Crippen LogP contribution < -0.4 is 10.6 Å². The van der Waals surface area contributed by atoms with Gasteiger partial charge in [-0.25, -0.2) is 4.79 Å². The molecule has 0 fully saturated rings. The first kappa shape index (κ1) is 15.2. The molecule has 0 bridgehead atoms. The maximum Gasteiger partial charge on any atom is 0.340 e. The normalized spacial score (nSPS) is 10.2. The Morgan fingerprint density at radius 2 is 1.90 bits per heavy atom. The number of para-hydroxylation sites is 1. The van der Waals surface area contributed by atoms with Crippen molar-refractivity contribution in [3.05, 3.63) is 58.6 Å². The minimum absolute atomic E-state index is 0.403. The lowest BCUT2D eigenvalue weighted by Crippen LogP contribution is -2.21. The van der Waals surface area contributed by atoms with E-state index in [1.165, 1.54) is 7.11 Å². The fourth-order valence-electron chi connectivity index (χ4n) is 2.20. The highest BCUT2D eigenvalue weighted by Gasteiger charge is 2.17. The summed E-state index contributed by atoms with van der Waals surface area (Å²) in [5.74, 6) is -0.403. The number of carbonyl (C=O) groups excluding carboxylic acids is 1. The van der Waals surface area contributed by atoms with E-state index in [1.807, 2.05) is 36.2 Å². The molecule has 110 valence electrons. The molecule has 2 rings (SSSR count). The molecule has 2 N–H and O–H groups in total. The third-order valence-electron chi connectivity index (χ3n) is 3.19. The molecule has 0 aromatic heterocycles. The van der Waals surface area contributed by atoms with Crippen LogP contribution >= 0.6 is 11.6 Å². The van der Waals surface area contributed by atoms with Crippen LogP contribution in [0.3, 0.4) is 0 Å². The van der Waals surface area contributed by atoms with E-state index in [4.69, 9.17) is 22.1 Å². The third-order valence-corrected chi connectivity index (χ3v) is 3.44. The molecule has 4 nitrogen and oxygen atoms in total. The number of hydrogen-bond acceptors (Lipinski definition) is 4. The number of benzene rings is 2. The van der Waals surface area contributed by atoms with Gasteiger partial charge in [0.1, 0.15) is 0 Å². The summed E-state index contributed by atoms with van der Waals surface area (Å²) in [7, 11) is 3.24. The lowest BCUT2D eigenvalue weighted by molar-refractivity contribution is 0.0601. The molecule has 0 aliphatic rings. The first-order valence-electron chi connectivity index (χ1n) is 6.45. The lowest BCUT2D eigenvalue weighted by Gasteiger charge is -2.23. The molecule has 0 spiro atoms. The van der Waals surface area contributed by atoms with Crippen molar-refractivity contribution in [3.63, 3.8) is 0 Å². The molecule has 0 heterocycles. The van der Waals surface area contributed by atoms with E-state index in [9.17, 15) is 4.79 Å². The summed E-state index contributed by atoms with van der Waals surface area (Å²) >= 11 is 5.88. The summed E-state index contributed by atoms with van der Waals surface area (Å²) in [5, 5.41) is 0.691. The summed E-state index contributed by atoms with van der Waals surface area (Å²) in [6, 6.07) is 12.8. The van der Waals surface area contributed by atoms with Crippen LogP contribution in [0, 0.1) is 0 Å². The van der Waals surface area contributed by atoms with Gasteiger partial charge in [-0.1, -0.05) is 29.8 Å². The average molecular weight is 305 g/mol. The summed E-state index contributed by atoms with van der Waals surface area (Å²) in [4.78, 5) is 13.8. The highest BCUT2D eigenvalue weighted by atomic mass is 35.5. The van der Waals surface area contributed by atoms with Crippen LogP contribution in [0.2, 0.25) is 5.02 Å². The number of halogens is 1. The second kappa shape index (κ2) is 6.50. The summed E-state index contributed by atoms with van der Waals surface area (Å²) in [6.45, 7) is 0.607. The summed E-state index contributed by atoms with van der Waals surface area (Å²) < 4.78 is 4.81. The number of rotatable bonds is 4. The van der Waals surface area contributed by atoms with Crippen molar-refractivity contribution in [2.45, 2.75) is 6.54 Å². The van der Waals surface area contributed by atoms with Crippen molar-refractivity contribution < 1.29 is 9.53 Å². The SMILES string of the molecule is COC(=O)c1cccc(N)c1N(C)Cc1ccc(Cl)cc1. The second-order valence-electron chi connectivity index (χ2n) is 4.72. The summed E-state index contributed by atoms with van der Waals surface area (Å²) in [6.07, 6.45) is 0. The number of esters is 1. The molecule has 0 unspecified atom stereocenters. The van der Waals surface area contributed by atoms with Crippen LogP contribution in [0.1, 0.15) is 15.9 Å². The van der Waals surface area contributed by atoms with E-state index in [0.717, 1.165) is 5.56 Å². The van der Waals surface area contributed by atoms with E-state index in [1.54, 1.807) is 18.2 Å². The van der Waals surface area contributed by atoms with Crippen molar-refractivity contribution >= 4 is 28.9 Å². The molecule has 2 aromatic carbocycles. The molecule has 0 aliphatic heterocycles. The average Bonchev–Trinajstić information content (AvgIpc) is 2.48. The van der Waals surface area contributed by atoms with Gasteiger partial charge in [0.2, 0.25) is 0 Å². The number of nitrogens with zero attached hydrogens (tertiary/aromatic N) is 1. The molecule has 5 heteroatoms. The second-order valence-corrected chi connectivity index (χ2v) is 5.15. The number of carbonyl (C=O) groups is 1. The van der Waals surface area contributed by atoms with E-state index in [0.29, 0.717) is 28.5 Å². The molecule has 0 amide bonds. The minimum Gasteiger partial charge on any atom is -0.465 e. The first-order chi connectivity index (χ1) is 10.0. The van der Waals surface area contributed by atoms with E-state index in [-0.39, 0.29) is 0 Å². The van der Waals surface area contributed by atoms with Gasteiger partial charge < -0.3 is 15.4 Å². The van der Waals surface area contributed by atoms with Gasteiger partial charge in [0, 0.05) is 18.6 Å². The number of methoxy groups -OCH3 is 1. The molecule has 0 radical (unpaired) electrons. The van der Waals surface area contributed by atoms with Crippen molar-refractivity contribution in [1.29, 1.82) is 0 Å². The van der Waals surface area contributed by atoms with Gasteiger partial charge in [0.05, 0.1) is 24.0 Å². The Labute approximate surface area is 129 Å². The molecular formula is C16H17ClN2O2. The van der Waals surface area contributed by atoms with Gasteiger partial charge in [-0.05, 0) is 29.8 Å². The fraction of sp³-hybridized carbons (Fsp3) is 0.188. The van der Waals surface area contributed by atoms with Crippen LogP contribution in [0.4, 0.5) is 11.4 Å². The zero-order valence-electron chi connectivity index (χ0n) is 12.0. The molecule has 0 aliphatic carbocycles. The maximum atomic E-state index is 11.9. The third kappa shape index (κ3) is 3.47. The Balaban J connectivity index is 2.32. The monoisotopic (exact) mass is 304 g/mol. The van der Waals surface area contributed by atoms with Crippen molar-refractivity contribution in [3.8, 4) is 0 Å². The minimum atomic E-state index is -0.403. The lowest BCUT2D eigenvalue weighted by atomic mass is 10.1. The van der Waals surface area contributed by atoms with Crippen molar-refractivity contribution in [2.75, 3.05) is 24.8 Å². The molecular weight excluding hydrogens is 288 g/mol. The number of anilines is 2. The van der Waals surface area contributed by atoms with Crippen LogP contribution in [-0.2, 0) is 11.3 Å². The fourth-order valence-corrected chi connectivity index (χ4v) is 2.33. The largest absolute Gasteiger partial charge is 0.465 e. The summed E-state index contributed by atoms with van der Waals surface area (Å²) in [5.41, 5.74) is 8.75. The van der Waals surface area contributed by atoms with E-state index >= 15 is 0 Å². The van der Waals surface area contributed by atoms with E-state index < -0.39 is 5.97 Å². The molecule has 2 aromatic rings. The predicted molar refractivity (Wildman–Crippen MR) is 85.8 cm³/mol. The number of hydrogen-bond donors (Lipinski definition) is 1. The predicted octanol–water partition coefficient (Wildman–Crippen LogP) is 3.35. The van der Waals surface area contributed by atoms with Gasteiger partial charge >= 0.3 is 5.97 Å².